The molecule has 0 unspecified atom stereocenters. The zero-order chi connectivity index (χ0) is 18.9. The first-order valence-corrected chi connectivity index (χ1v) is 9.13. The Morgan fingerprint density at radius 1 is 0.741 bits per heavy atom. The molecule has 0 heterocycles. The van der Waals surface area contributed by atoms with Gasteiger partial charge in [-0.2, -0.15) is 0 Å². The van der Waals surface area contributed by atoms with Crippen LogP contribution in [0.2, 0.25) is 0 Å². The minimum Gasteiger partial charge on any atom is -0.489 e. The number of hydrogen-bond acceptors (Lipinski definition) is 3. The van der Waals surface area contributed by atoms with Crippen molar-refractivity contribution in [1.82, 2.24) is 0 Å². The van der Waals surface area contributed by atoms with Crippen LogP contribution < -0.4 is 4.74 Å². The van der Waals surface area contributed by atoms with Gasteiger partial charge in [0, 0.05) is 6.42 Å². The van der Waals surface area contributed by atoms with E-state index in [9.17, 15) is 4.79 Å². The molecule has 0 saturated heterocycles. The Hall–Kier alpha value is -3.07. The number of rotatable bonds is 8. The molecule has 0 atom stereocenters. The van der Waals surface area contributed by atoms with Crippen LogP contribution >= 0.6 is 0 Å². The second kappa shape index (κ2) is 9.58. The standard InChI is InChI=1S/C24H24O3/c1-26-24(25)16-13-19-11-14-23(15-12-19)27-18-22-9-7-21(8-10-22)17-20-5-3-2-4-6-20/h2-12,14-15H,13,16-18H2,1H3. The molecule has 3 nitrogen and oxygen atoms in total. The van der Waals surface area contributed by atoms with Gasteiger partial charge in [0.15, 0.2) is 0 Å². The molecule has 0 aromatic heterocycles. The van der Waals surface area contributed by atoms with Gasteiger partial charge in [0.05, 0.1) is 7.11 Å². The topological polar surface area (TPSA) is 35.5 Å². The van der Waals surface area contributed by atoms with Gasteiger partial charge in [-0.25, -0.2) is 0 Å². The normalized spacial score (nSPS) is 10.4. The molecule has 0 amide bonds. The Morgan fingerprint density at radius 2 is 1.33 bits per heavy atom. The Morgan fingerprint density at radius 3 is 2.00 bits per heavy atom. The smallest absolute Gasteiger partial charge is 0.305 e. The first kappa shape index (κ1) is 18.7. The van der Waals surface area contributed by atoms with E-state index in [4.69, 9.17) is 4.74 Å². The first-order valence-electron chi connectivity index (χ1n) is 9.13. The summed E-state index contributed by atoms with van der Waals surface area (Å²) in [6, 6.07) is 26.9. The van der Waals surface area contributed by atoms with Crippen molar-refractivity contribution in [3.63, 3.8) is 0 Å². The number of benzene rings is 3. The van der Waals surface area contributed by atoms with E-state index in [0.29, 0.717) is 19.4 Å². The summed E-state index contributed by atoms with van der Waals surface area (Å²) in [6.07, 6.45) is 2.01. The van der Waals surface area contributed by atoms with Crippen molar-refractivity contribution in [3.8, 4) is 5.75 Å². The summed E-state index contributed by atoms with van der Waals surface area (Å²) in [6.45, 7) is 0.535. The van der Waals surface area contributed by atoms with Gasteiger partial charge in [-0.1, -0.05) is 66.7 Å². The highest BCUT2D eigenvalue weighted by molar-refractivity contribution is 5.69. The molecule has 138 valence electrons. The van der Waals surface area contributed by atoms with Crippen LogP contribution in [0.15, 0.2) is 78.9 Å². The molecule has 0 aliphatic rings. The van der Waals surface area contributed by atoms with Gasteiger partial charge in [0.2, 0.25) is 0 Å². The van der Waals surface area contributed by atoms with Gasteiger partial charge in [-0.15, -0.1) is 0 Å². The van der Waals surface area contributed by atoms with Gasteiger partial charge in [0.25, 0.3) is 0 Å². The fraction of sp³-hybridized carbons (Fsp3) is 0.208. The fourth-order valence-electron chi connectivity index (χ4n) is 2.85. The van der Waals surface area contributed by atoms with Crippen LogP contribution in [0.3, 0.4) is 0 Å². The second-order valence-electron chi connectivity index (χ2n) is 6.49. The summed E-state index contributed by atoms with van der Waals surface area (Å²) in [5, 5.41) is 0. The van der Waals surface area contributed by atoms with E-state index >= 15 is 0 Å². The Balaban J connectivity index is 1.49. The number of ether oxygens (including phenoxy) is 2. The molecule has 0 N–H and O–H groups in total. The number of methoxy groups -OCH3 is 1. The maximum absolute atomic E-state index is 11.2. The molecule has 3 aromatic rings. The zero-order valence-corrected chi connectivity index (χ0v) is 15.6. The predicted molar refractivity (Wildman–Crippen MR) is 107 cm³/mol. The van der Waals surface area contributed by atoms with Crippen LogP contribution in [-0.4, -0.2) is 13.1 Å². The number of hydrogen-bond donors (Lipinski definition) is 0. The van der Waals surface area contributed by atoms with Crippen LogP contribution in [0.25, 0.3) is 0 Å². The van der Waals surface area contributed by atoms with Crippen LogP contribution in [0.4, 0.5) is 0 Å². The molecule has 0 spiro atoms. The van der Waals surface area contributed by atoms with Crippen molar-refractivity contribution in [1.29, 1.82) is 0 Å². The quantitative estimate of drug-likeness (QED) is 0.533. The summed E-state index contributed by atoms with van der Waals surface area (Å²) >= 11 is 0. The summed E-state index contributed by atoms with van der Waals surface area (Å²) < 4.78 is 10.5. The highest BCUT2D eigenvalue weighted by Crippen LogP contribution is 2.16. The lowest BCUT2D eigenvalue weighted by Crippen LogP contribution is -2.02. The lowest BCUT2D eigenvalue weighted by molar-refractivity contribution is -0.140. The summed E-state index contributed by atoms with van der Waals surface area (Å²) in [5.74, 6) is 0.635. The van der Waals surface area contributed by atoms with Crippen molar-refractivity contribution < 1.29 is 14.3 Å². The fourth-order valence-corrected chi connectivity index (χ4v) is 2.85. The number of carbonyl (C=O) groups is 1. The molecule has 0 bridgehead atoms. The monoisotopic (exact) mass is 360 g/mol. The first-order chi connectivity index (χ1) is 13.2. The van der Waals surface area contributed by atoms with E-state index in [1.54, 1.807) is 0 Å². The number of aryl methyl sites for hydroxylation is 1. The molecule has 3 rings (SSSR count). The third-order valence-electron chi connectivity index (χ3n) is 4.45. The average Bonchev–Trinajstić information content (AvgIpc) is 2.73. The predicted octanol–water partition coefficient (Wildman–Crippen LogP) is 4.96. The molecule has 0 radical (unpaired) electrons. The molecule has 0 aliphatic carbocycles. The van der Waals surface area contributed by atoms with Gasteiger partial charge in [-0.3, -0.25) is 4.79 Å². The summed E-state index contributed by atoms with van der Waals surface area (Å²) in [5.41, 5.74) is 4.84. The number of esters is 1. The Bertz CT molecular complexity index is 837. The molecule has 27 heavy (non-hydrogen) atoms. The van der Waals surface area contributed by atoms with E-state index in [1.165, 1.54) is 18.2 Å². The summed E-state index contributed by atoms with van der Waals surface area (Å²) in [4.78, 5) is 11.2. The van der Waals surface area contributed by atoms with Gasteiger partial charge < -0.3 is 9.47 Å². The van der Waals surface area contributed by atoms with Crippen molar-refractivity contribution >= 4 is 5.97 Å². The highest BCUT2D eigenvalue weighted by atomic mass is 16.5. The van der Waals surface area contributed by atoms with Crippen LogP contribution in [0.5, 0.6) is 5.75 Å². The highest BCUT2D eigenvalue weighted by Gasteiger charge is 2.03. The van der Waals surface area contributed by atoms with E-state index < -0.39 is 0 Å². The molecule has 0 aliphatic heterocycles. The molecule has 0 fully saturated rings. The lowest BCUT2D eigenvalue weighted by atomic mass is 10.0. The van der Waals surface area contributed by atoms with Gasteiger partial charge in [0.1, 0.15) is 12.4 Å². The van der Waals surface area contributed by atoms with E-state index in [1.807, 2.05) is 30.3 Å². The third kappa shape index (κ3) is 6.00. The molecular weight excluding hydrogens is 336 g/mol. The largest absolute Gasteiger partial charge is 0.489 e. The second-order valence-corrected chi connectivity index (χ2v) is 6.49. The average molecular weight is 360 g/mol. The minimum absolute atomic E-state index is 0.189. The van der Waals surface area contributed by atoms with Gasteiger partial charge in [-0.05, 0) is 47.2 Å². The molecule has 3 aromatic carbocycles. The maximum atomic E-state index is 11.2. The van der Waals surface area contributed by atoms with Crippen molar-refractivity contribution in [2.24, 2.45) is 0 Å². The van der Waals surface area contributed by atoms with Crippen LogP contribution in [-0.2, 0) is 29.0 Å². The number of carbonyl (C=O) groups excluding carboxylic acids is 1. The Labute approximate surface area is 160 Å². The van der Waals surface area contributed by atoms with Crippen molar-refractivity contribution in [3.05, 3.63) is 101 Å². The summed E-state index contributed by atoms with van der Waals surface area (Å²) in [7, 11) is 1.41. The van der Waals surface area contributed by atoms with Crippen LogP contribution in [0, 0.1) is 0 Å². The molecule has 3 heteroatoms. The van der Waals surface area contributed by atoms with Crippen molar-refractivity contribution in [2.75, 3.05) is 7.11 Å². The van der Waals surface area contributed by atoms with Crippen LogP contribution in [0.1, 0.15) is 28.7 Å². The van der Waals surface area contributed by atoms with E-state index in [2.05, 4.69) is 53.3 Å². The third-order valence-corrected chi connectivity index (χ3v) is 4.45. The van der Waals surface area contributed by atoms with Crippen molar-refractivity contribution in [2.45, 2.75) is 25.9 Å². The maximum Gasteiger partial charge on any atom is 0.305 e. The zero-order valence-electron chi connectivity index (χ0n) is 15.6. The van der Waals surface area contributed by atoms with E-state index in [0.717, 1.165) is 23.3 Å². The minimum atomic E-state index is -0.189. The SMILES string of the molecule is COC(=O)CCc1ccc(OCc2ccc(Cc3ccccc3)cc2)cc1. The molecule has 0 saturated carbocycles. The van der Waals surface area contributed by atoms with Gasteiger partial charge >= 0.3 is 5.97 Å². The van der Waals surface area contributed by atoms with E-state index in [-0.39, 0.29) is 5.97 Å². The molecular formula is C24H24O3. The lowest BCUT2D eigenvalue weighted by Gasteiger charge is -2.08. The Kier molecular flexibility index (Phi) is 6.64.